The van der Waals surface area contributed by atoms with Crippen LogP contribution in [0.1, 0.15) is 23.6 Å². The Labute approximate surface area is 119 Å². The zero-order chi connectivity index (χ0) is 14.4. The van der Waals surface area contributed by atoms with Gasteiger partial charge in [-0.1, -0.05) is 19.1 Å². The van der Waals surface area contributed by atoms with E-state index in [1.807, 2.05) is 24.3 Å². The van der Waals surface area contributed by atoms with E-state index in [1.54, 1.807) is 12.4 Å². The Balaban J connectivity index is 2.06. The molecule has 0 amide bonds. The number of halogens is 1. The Morgan fingerprint density at radius 3 is 2.45 bits per heavy atom. The van der Waals surface area contributed by atoms with Crippen LogP contribution in [0.4, 0.5) is 4.39 Å². The molecule has 106 valence electrons. The molecule has 2 aromatic rings. The molecule has 20 heavy (non-hydrogen) atoms. The number of nitrogens with zero attached hydrogens (tertiary/aromatic N) is 2. The molecule has 2 rings (SSSR count). The molecule has 1 aromatic carbocycles. The Bertz CT molecular complexity index is 543. The van der Waals surface area contributed by atoms with E-state index < -0.39 is 0 Å². The fourth-order valence-corrected chi connectivity index (χ4v) is 2.11. The fraction of sp³-hybridized carbons (Fsp3) is 0.312. The molecule has 0 saturated heterocycles. The number of hydrogen-bond acceptors (Lipinski definition) is 3. The van der Waals surface area contributed by atoms with E-state index >= 15 is 0 Å². The van der Waals surface area contributed by atoms with Crippen LogP contribution >= 0.6 is 0 Å². The summed E-state index contributed by atoms with van der Waals surface area (Å²) in [6.45, 7) is 4.69. The monoisotopic (exact) mass is 273 g/mol. The molecule has 0 fully saturated rings. The van der Waals surface area contributed by atoms with Gasteiger partial charge >= 0.3 is 0 Å². The second-order valence-electron chi connectivity index (χ2n) is 4.79. The Morgan fingerprint density at radius 1 is 1.10 bits per heavy atom. The summed E-state index contributed by atoms with van der Waals surface area (Å²) in [6.07, 6.45) is 3.56. The summed E-state index contributed by atoms with van der Waals surface area (Å²) in [6, 6.07) is 9.20. The summed E-state index contributed by atoms with van der Waals surface area (Å²) < 4.78 is 14.0. The fourth-order valence-electron chi connectivity index (χ4n) is 2.11. The van der Waals surface area contributed by atoms with Gasteiger partial charge in [0.1, 0.15) is 5.82 Å². The lowest BCUT2D eigenvalue weighted by molar-refractivity contribution is 0.267. The molecule has 0 aliphatic rings. The molecular weight excluding hydrogens is 253 g/mol. The third-order valence-corrected chi connectivity index (χ3v) is 3.35. The van der Waals surface area contributed by atoms with Crippen LogP contribution in [0.15, 0.2) is 42.7 Å². The number of nitrogens with two attached hydrogens (primary N) is 1. The van der Waals surface area contributed by atoms with E-state index in [9.17, 15) is 4.39 Å². The van der Waals surface area contributed by atoms with Gasteiger partial charge in [-0.15, -0.1) is 0 Å². The van der Waals surface area contributed by atoms with E-state index in [4.69, 9.17) is 5.73 Å². The van der Waals surface area contributed by atoms with Crippen molar-refractivity contribution in [2.45, 2.75) is 26.6 Å². The third kappa shape index (κ3) is 3.85. The average molecular weight is 273 g/mol. The van der Waals surface area contributed by atoms with Crippen molar-refractivity contribution < 1.29 is 4.39 Å². The SMILES string of the molecule is CCN(Cc1ccncc1)Cc1ccc(CN)cc1F. The van der Waals surface area contributed by atoms with Gasteiger partial charge in [-0.2, -0.15) is 0 Å². The Kier molecular flexibility index (Phi) is 5.21. The quantitative estimate of drug-likeness (QED) is 0.880. The number of pyridine rings is 1. The molecule has 0 spiro atoms. The van der Waals surface area contributed by atoms with Gasteiger partial charge in [-0.25, -0.2) is 4.39 Å². The minimum absolute atomic E-state index is 0.180. The smallest absolute Gasteiger partial charge is 0.128 e. The first-order valence-corrected chi connectivity index (χ1v) is 6.81. The molecule has 0 bridgehead atoms. The molecule has 3 nitrogen and oxygen atoms in total. The second kappa shape index (κ2) is 7.12. The average Bonchev–Trinajstić information content (AvgIpc) is 2.49. The second-order valence-corrected chi connectivity index (χ2v) is 4.79. The maximum Gasteiger partial charge on any atom is 0.128 e. The molecule has 0 aliphatic heterocycles. The summed E-state index contributed by atoms with van der Waals surface area (Å²) in [7, 11) is 0. The molecule has 0 atom stereocenters. The largest absolute Gasteiger partial charge is 0.326 e. The predicted molar refractivity (Wildman–Crippen MR) is 78.3 cm³/mol. The van der Waals surface area contributed by atoms with Crippen LogP contribution in [0.5, 0.6) is 0 Å². The van der Waals surface area contributed by atoms with E-state index in [0.29, 0.717) is 18.7 Å². The molecule has 0 unspecified atom stereocenters. The van der Waals surface area contributed by atoms with Gasteiger partial charge in [0.15, 0.2) is 0 Å². The zero-order valence-electron chi connectivity index (χ0n) is 11.7. The van der Waals surface area contributed by atoms with Gasteiger partial charge in [0, 0.05) is 37.6 Å². The topological polar surface area (TPSA) is 42.2 Å². The molecule has 1 heterocycles. The van der Waals surface area contributed by atoms with Gasteiger partial charge < -0.3 is 5.73 Å². The van der Waals surface area contributed by atoms with E-state index in [-0.39, 0.29) is 5.82 Å². The standard InChI is InChI=1S/C16H20FN3/c1-2-20(11-13-5-7-19-8-6-13)12-15-4-3-14(10-18)9-16(15)17/h3-9H,2,10-12,18H2,1H3. The van der Waals surface area contributed by atoms with Crippen molar-refractivity contribution in [3.63, 3.8) is 0 Å². The maximum atomic E-state index is 14.0. The summed E-state index contributed by atoms with van der Waals surface area (Å²) in [5.41, 5.74) is 8.23. The molecule has 2 N–H and O–H groups in total. The lowest BCUT2D eigenvalue weighted by Crippen LogP contribution is -2.23. The lowest BCUT2D eigenvalue weighted by Gasteiger charge is -2.21. The van der Waals surface area contributed by atoms with Crippen LogP contribution in [0.2, 0.25) is 0 Å². The summed E-state index contributed by atoms with van der Waals surface area (Å²) in [5, 5.41) is 0. The Morgan fingerprint density at radius 2 is 1.85 bits per heavy atom. The highest BCUT2D eigenvalue weighted by Gasteiger charge is 2.09. The van der Waals surface area contributed by atoms with E-state index in [2.05, 4.69) is 16.8 Å². The highest BCUT2D eigenvalue weighted by Crippen LogP contribution is 2.14. The van der Waals surface area contributed by atoms with Gasteiger partial charge in [0.2, 0.25) is 0 Å². The summed E-state index contributed by atoms with van der Waals surface area (Å²) in [4.78, 5) is 6.20. The Hall–Kier alpha value is -1.78. The van der Waals surface area contributed by atoms with Gasteiger partial charge in [-0.3, -0.25) is 9.88 Å². The van der Waals surface area contributed by atoms with Gasteiger partial charge in [0.05, 0.1) is 0 Å². The van der Waals surface area contributed by atoms with Crippen molar-refractivity contribution in [2.24, 2.45) is 5.73 Å². The highest BCUT2D eigenvalue weighted by atomic mass is 19.1. The molecule has 0 aliphatic carbocycles. The third-order valence-electron chi connectivity index (χ3n) is 3.35. The first-order valence-electron chi connectivity index (χ1n) is 6.81. The predicted octanol–water partition coefficient (Wildman–Crippen LogP) is 2.70. The minimum Gasteiger partial charge on any atom is -0.326 e. The van der Waals surface area contributed by atoms with E-state index in [0.717, 1.165) is 18.7 Å². The summed E-state index contributed by atoms with van der Waals surface area (Å²) >= 11 is 0. The van der Waals surface area contributed by atoms with Crippen molar-refractivity contribution in [1.82, 2.24) is 9.88 Å². The summed E-state index contributed by atoms with van der Waals surface area (Å²) in [5.74, 6) is -0.180. The molecule has 4 heteroatoms. The van der Waals surface area contributed by atoms with Crippen molar-refractivity contribution in [3.05, 3.63) is 65.2 Å². The number of aromatic nitrogens is 1. The van der Waals surface area contributed by atoms with E-state index in [1.165, 1.54) is 11.6 Å². The number of rotatable bonds is 6. The van der Waals surface area contributed by atoms with Crippen LogP contribution in [-0.4, -0.2) is 16.4 Å². The van der Waals surface area contributed by atoms with Crippen molar-refractivity contribution in [2.75, 3.05) is 6.54 Å². The van der Waals surface area contributed by atoms with Crippen LogP contribution in [0, 0.1) is 5.82 Å². The van der Waals surface area contributed by atoms with Crippen molar-refractivity contribution in [3.8, 4) is 0 Å². The number of hydrogen-bond donors (Lipinski definition) is 1. The first-order chi connectivity index (χ1) is 9.72. The molecule has 1 aromatic heterocycles. The van der Waals surface area contributed by atoms with Crippen molar-refractivity contribution in [1.29, 1.82) is 0 Å². The first kappa shape index (κ1) is 14.6. The molecule has 0 radical (unpaired) electrons. The lowest BCUT2D eigenvalue weighted by atomic mass is 10.1. The van der Waals surface area contributed by atoms with Gasteiger partial charge in [-0.05, 0) is 35.9 Å². The van der Waals surface area contributed by atoms with Crippen LogP contribution in [-0.2, 0) is 19.6 Å². The van der Waals surface area contributed by atoms with Crippen LogP contribution in [0.25, 0.3) is 0 Å². The van der Waals surface area contributed by atoms with Crippen LogP contribution in [0.3, 0.4) is 0 Å². The highest BCUT2D eigenvalue weighted by molar-refractivity contribution is 5.24. The maximum absolute atomic E-state index is 14.0. The zero-order valence-corrected chi connectivity index (χ0v) is 11.7. The normalized spacial score (nSPS) is 11.0. The van der Waals surface area contributed by atoms with Gasteiger partial charge in [0.25, 0.3) is 0 Å². The minimum atomic E-state index is -0.180. The number of benzene rings is 1. The van der Waals surface area contributed by atoms with Crippen molar-refractivity contribution >= 4 is 0 Å². The molecule has 0 saturated carbocycles. The molecular formula is C16H20FN3. The van der Waals surface area contributed by atoms with Crippen LogP contribution < -0.4 is 5.73 Å².